The lowest BCUT2D eigenvalue weighted by Gasteiger charge is -2.19. The average molecular weight is 241 g/mol. The summed E-state index contributed by atoms with van der Waals surface area (Å²) in [5, 5.41) is 0. The maximum Gasteiger partial charge on any atom is 0.0594 e. The van der Waals surface area contributed by atoms with Crippen LogP contribution in [0, 0.1) is 6.92 Å². The minimum atomic E-state index is -0.0243. The van der Waals surface area contributed by atoms with Gasteiger partial charge in [-0.1, -0.05) is 17.7 Å². The van der Waals surface area contributed by atoms with Gasteiger partial charge >= 0.3 is 0 Å². The van der Waals surface area contributed by atoms with Crippen molar-refractivity contribution in [3.05, 3.63) is 53.9 Å². The Labute approximate surface area is 108 Å². The number of nitrogens with zero attached hydrogens (tertiary/aromatic N) is 2. The van der Waals surface area contributed by atoms with Crippen molar-refractivity contribution in [2.45, 2.75) is 19.9 Å². The van der Waals surface area contributed by atoms with E-state index in [0.717, 1.165) is 17.1 Å². The highest BCUT2D eigenvalue weighted by atomic mass is 15.1. The van der Waals surface area contributed by atoms with Crippen LogP contribution < -0.4 is 10.6 Å². The zero-order valence-corrected chi connectivity index (χ0v) is 11.1. The van der Waals surface area contributed by atoms with Gasteiger partial charge in [-0.2, -0.15) is 0 Å². The van der Waals surface area contributed by atoms with Gasteiger partial charge in [-0.25, -0.2) is 0 Å². The minimum absolute atomic E-state index is 0.0243. The highest BCUT2D eigenvalue weighted by Gasteiger charge is 2.05. The maximum atomic E-state index is 5.79. The molecule has 0 radical (unpaired) electrons. The molecule has 0 aliphatic rings. The molecule has 18 heavy (non-hydrogen) atoms. The van der Waals surface area contributed by atoms with Gasteiger partial charge in [0.05, 0.1) is 17.6 Å². The molecule has 1 unspecified atom stereocenters. The van der Waals surface area contributed by atoms with Gasteiger partial charge in [-0.3, -0.25) is 4.98 Å². The minimum Gasteiger partial charge on any atom is -0.343 e. The van der Waals surface area contributed by atoms with E-state index >= 15 is 0 Å². The summed E-state index contributed by atoms with van der Waals surface area (Å²) in [5.74, 6) is 0. The van der Waals surface area contributed by atoms with Crippen molar-refractivity contribution >= 4 is 11.4 Å². The molecule has 1 aromatic heterocycles. The van der Waals surface area contributed by atoms with Crippen LogP contribution in [0.2, 0.25) is 0 Å². The van der Waals surface area contributed by atoms with Crippen LogP contribution >= 0.6 is 0 Å². The van der Waals surface area contributed by atoms with Gasteiger partial charge < -0.3 is 10.6 Å². The van der Waals surface area contributed by atoms with Gasteiger partial charge in [0, 0.05) is 18.8 Å². The third-order valence-electron chi connectivity index (χ3n) is 3.05. The number of aryl methyl sites for hydroxylation is 1. The number of hydrogen-bond acceptors (Lipinski definition) is 3. The summed E-state index contributed by atoms with van der Waals surface area (Å²) in [6.07, 6.45) is 1.86. The smallest absolute Gasteiger partial charge is 0.0594 e. The fourth-order valence-electron chi connectivity index (χ4n) is 1.78. The third-order valence-corrected chi connectivity index (χ3v) is 3.05. The van der Waals surface area contributed by atoms with Crippen molar-refractivity contribution in [1.29, 1.82) is 0 Å². The number of anilines is 2. The summed E-state index contributed by atoms with van der Waals surface area (Å²) in [6.45, 7) is 4.02. The summed E-state index contributed by atoms with van der Waals surface area (Å²) in [4.78, 5) is 6.48. The lowest BCUT2D eigenvalue weighted by molar-refractivity contribution is 0.781. The number of rotatable bonds is 3. The van der Waals surface area contributed by atoms with E-state index in [9.17, 15) is 0 Å². The molecule has 2 aromatic rings. The first-order valence-corrected chi connectivity index (χ1v) is 6.10. The molecular weight excluding hydrogens is 222 g/mol. The molecule has 1 heterocycles. The van der Waals surface area contributed by atoms with E-state index in [4.69, 9.17) is 5.73 Å². The van der Waals surface area contributed by atoms with Crippen molar-refractivity contribution in [3.8, 4) is 0 Å². The Morgan fingerprint density at radius 1 is 1.06 bits per heavy atom. The Kier molecular flexibility index (Phi) is 3.63. The summed E-state index contributed by atoms with van der Waals surface area (Å²) in [7, 11) is 2.03. The maximum absolute atomic E-state index is 5.79. The van der Waals surface area contributed by atoms with E-state index in [2.05, 4.69) is 41.1 Å². The molecule has 1 atom stereocenters. The monoisotopic (exact) mass is 241 g/mol. The van der Waals surface area contributed by atoms with Crippen molar-refractivity contribution < 1.29 is 0 Å². The fraction of sp³-hybridized carbons (Fsp3) is 0.267. The van der Waals surface area contributed by atoms with E-state index in [-0.39, 0.29) is 6.04 Å². The first-order valence-electron chi connectivity index (χ1n) is 6.10. The lowest BCUT2D eigenvalue weighted by atomic mass is 10.2. The molecule has 2 rings (SSSR count). The molecule has 0 spiro atoms. The molecule has 1 aromatic carbocycles. The van der Waals surface area contributed by atoms with E-state index in [1.165, 1.54) is 5.56 Å². The molecule has 0 fully saturated rings. The fourth-order valence-corrected chi connectivity index (χ4v) is 1.78. The molecule has 0 bridgehead atoms. The summed E-state index contributed by atoms with van der Waals surface area (Å²) >= 11 is 0. The number of nitrogens with two attached hydrogens (primary N) is 1. The van der Waals surface area contributed by atoms with Crippen molar-refractivity contribution in [3.63, 3.8) is 0 Å². The van der Waals surface area contributed by atoms with Crippen LogP contribution in [0.1, 0.15) is 24.2 Å². The van der Waals surface area contributed by atoms with Crippen molar-refractivity contribution in [2.24, 2.45) is 5.73 Å². The van der Waals surface area contributed by atoms with E-state index in [1.807, 2.05) is 32.3 Å². The van der Waals surface area contributed by atoms with Crippen LogP contribution in [-0.4, -0.2) is 12.0 Å². The van der Waals surface area contributed by atoms with Gasteiger partial charge in [0.15, 0.2) is 0 Å². The Bertz CT molecular complexity index is 500. The highest BCUT2D eigenvalue weighted by molar-refractivity contribution is 5.61. The van der Waals surface area contributed by atoms with Crippen molar-refractivity contribution in [2.75, 3.05) is 11.9 Å². The Balaban J connectivity index is 2.23. The van der Waals surface area contributed by atoms with Gasteiger partial charge in [-0.15, -0.1) is 0 Å². The number of pyridine rings is 1. The van der Waals surface area contributed by atoms with Crippen molar-refractivity contribution in [1.82, 2.24) is 4.98 Å². The number of benzene rings is 1. The zero-order valence-electron chi connectivity index (χ0n) is 11.1. The van der Waals surface area contributed by atoms with Gasteiger partial charge in [-0.05, 0) is 38.1 Å². The van der Waals surface area contributed by atoms with Gasteiger partial charge in [0.1, 0.15) is 0 Å². The second-order valence-corrected chi connectivity index (χ2v) is 4.62. The van der Waals surface area contributed by atoms with E-state index in [0.29, 0.717) is 0 Å². The molecule has 3 heteroatoms. The summed E-state index contributed by atoms with van der Waals surface area (Å²) < 4.78 is 0. The Morgan fingerprint density at radius 2 is 1.67 bits per heavy atom. The standard InChI is InChI=1S/C15H19N3/c1-11-4-6-13(7-5-11)18(3)14-8-9-15(12(2)16)17-10-14/h4-10,12H,16H2,1-3H3. The molecule has 2 N–H and O–H groups in total. The second-order valence-electron chi connectivity index (χ2n) is 4.62. The van der Waals surface area contributed by atoms with Crippen LogP contribution in [0.15, 0.2) is 42.6 Å². The predicted octanol–water partition coefficient (Wildman–Crippen LogP) is 3.18. The average Bonchev–Trinajstić information content (AvgIpc) is 2.39. The van der Waals surface area contributed by atoms with E-state index < -0.39 is 0 Å². The zero-order chi connectivity index (χ0) is 13.1. The van der Waals surface area contributed by atoms with Crippen LogP contribution in [0.4, 0.5) is 11.4 Å². The molecule has 0 amide bonds. The molecule has 3 nitrogen and oxygen atoms in total. The normalized spacial score (nSPS) is 12.2. The molecular formula is C15H19N3. The number of hydrogen-bond donors (Lipinski definition) is 1. The van der Waals surface area contributed by atoms with E-state index in [1.54, 1.807) is 0 Å². The van der Waals surface area contributed by atoms with Crippen LogP contribution in [0.25, 0.3) is 0 Å². The van der Waals surface area contributed by atoms with Crippen LogP contribution in [0.5, 0.6) is 0 Å². The van der Waals surface area contributed by atoms with Crippen LogP contribution in [-0.2, 0) is 0 Å². The molecule has 0 saturated heterocycles. The second kappa shape index (κ2) is 5.19. The first kappa shape index (κ1) is 12.6. The van der Waals surface area contributed by atoms with Gasteiger partial charge in [0.25, 0.3) is 0 Å². The summed E-state index contributed by atoms with van der Waals surface area (Å²) in [5.41, 5.74) is 10.2. The Morgan fingerprint density at radius 3 is 2.17 bits per heavy atom. The Hall–Kier alpha value is -1.87. The molecule has 0 saturated carbocycles. The molecule has 0 aliphatic heterocycles. The number of aromatic nitrogens is 1. The quantitative estimate of drug-likeness (QED) is 0.897. The third kappa shape index (κ3) is 2.68. The highest BCUT2D eigenvalue weighted by Crippen LogP contribution is 2.23. The molecule has 0 aliphatic carbocycles. The largest absolute Gasteiger partial charge is 0.343 e. The van der Waals surface area contributed by atoms with Gasteiger partial charge in [0.2, 0.25) is 0 Å². The molecule has 94 valence electrons. The SMILES string of the molecule is Cc1ccc(N(C)c2ccc(C(C)N)nc2)cc1. The van der Waals surface area contributed by atoms with Crippen LogP contribution in [0.3, 0.4) is 0 Å². The topological polar surface area (TPSA) is 42.1 Å². The predicted molar refractivity (Wildman–Crippen MR) is 76.1 cm³/mol. The first-order chi connectivity index (χ1) is 8.58. The summed E-state index contributed by atoms with van der Waals surface area (Å²) in [6, 6.07) is 12.4. The lowest BCUT2D eigenvalue weighted by Crippen LogP contribution is -2.11.